The molecule has 0 amide bonds. The smallest absolute Gasteiger partial charge is 0.344 e. The second-order valence-electron chi connectivity index (χ2n) is 6.67. The summed E-state index contributed by atoms with van der Waals surface area (Å²) in [5.74, 6) is -1.03. The van der Waals surface area contributed by atoms with E-state index in [1.54, 1.807) is 13.8 Å². The molecule has 1 aromatic heterocycles. The van der Waals surface area contributed by atoms with Gasteiger partial charge in [0.05, 0.1) is 18.4 Å². The van der Waals surface area contributed by atoms with E-state index in [-0.39, 0.29) is 12.3 Å². The van der Waals surface area contributed by atoms with Crippen LogP contribution >= 0.6 is 0 Å². The molecular weight excluding hydrogens is 362 g/mol. The number of methoxy groups -OCH3 is 1. The van der Waals surface area contributed by atoms with Gasteiger partial charge in [0.1, 0.15) is 5.75 Å². The number of hydrogen-bond donors (Lipinski definition) is 1. The van der Waals surface area contributed by atoms with Gasteiger partial charge in [-0.3, -0.25) is 4.79 Å². The summed E-state index contributed by atoms with van der Waals surface area (Å²) >= 11 is 0. The Kier molecular flexibility index (Phi) is 6.62. The van der Waals surface area contributed by atoms with Crippen LogP contribution in [0, 0.1) is 27.7 Å². The van der Waals surface area contributed by atoms with Crippen LogP contribution < -0.4 is 4.74 Å². The Labute approximate surface area is 164 Å². The van der Waals surface area contributed by atoms with Crippen molar-refractivity contribution >= 4 is 17.7 Å². The van der Waals surface area contributed by atoms with Crippen LogP contribution in [0.3, 0.4) is 0 Å². The molecule has 1 aromatic carbocycles. The number of benzene rings is 1. The fourth-order valence-electron chi connectivity index (χ4n) is 2.89. The van der Waals surface area contributed by atoms with Crippen molar-refractivity contribution in [3.05, 3.63) is 51.8 Å². The Morgan fingerprint density at radius 3 is 2.43 bits per heavy atom. The summed E-state index contributed by atoms with van der Waals surface area (Å²) < 4.78 is 15.4. The quantitative estimate of drug-likeness (QED) is 0.579. The summed E-state index contributed by atoms with van der Waals surface area (Å²) in [5, 5.41) is 0. The standard InChI is InChI=1S/C21H25NO6/c1-11-7-8-12(2)16(9-11)27-10-17(23)28-15(5)20(24)19-13(3)18(14(4)22-19)21(25)26-6/h7-9,15,22H,10H2,1-6H3/t15-/m0/s1. The van der Waals surface area contributed by atoms with Gasteiger partial charge >= 0.3 is 11.9 Å². The highest BCUT2D eigenvalue weighted by Gasteiger charge is 2.27. The average Bonchev–Trinajstić information content (AvgIpc) is 2.95. The summed E-state index contributed by atoms with van der Waals surface area (Å²) in [6, 6.07) is 5.68. The van der Waals surface area contributed by atoms with Crippen molar-refractivity contribution in [1.29, 1.82) is 0 Å². The minimum Gasteiger partial charge on any atom is -0.482 e. The van der Waals surface area contributed by atoms with Crippen LogP contribution in [0.25, 0.3) is 0 Å². The predicted molar refractivity (Wildman–Crippen MR) is 103 cm³/mol. The number of H-pyrrole nitrogens is 1. The van der Waals surface area contributed by atoms with Gasteiger partial charge in [0.25, 0.3) is 0 Å². The molecule has 0 aliphatic carbocycles. The topological polar surface area (TPSA) is 94.7 Å². The monoisotopic (exact) mass is 387 g/mol. The number of carbonyl (C=O) groups excluding carboxylic acids is 3. The second kappa shape index (κ2) is 8.73. The molecule has 1 atom stereocenters. The van der Waals surface area contributed by atoms with Gasteiger partial charge in [-0.2, -0.15) is 0 Å². The molecule has 0 aliphatic rings. The van der Waals surface area contributed by atoms with E-state index in [4.69, 9.17) is 14.2 Å². The first-order valence-corrected chi connectivity index (χ1v) is 8.86. The zero-order chi connectivity index (χ0) is 21.0. The fourth-order valence-corrected chi connectivity index (χ4v) is 2.89. The lowest BCUT2D eigenvalue weighted by molar-refractivity contribution is -0.148. The first-order valence-electron chi connectivity index (χ1n) is 8.86. The fraction of sp³-hybridized carbons (Fsp3) is 0.381. The molecule has 0 bridgehead atoms. The number of esters is 2. The van der Waals surface area contributed by atoms with Gasteiger partial charge in [-0.05, 0) is 57.4 Å². The maximum Gasteiger partial charge on any atom is 0.344 e. The van der Waals surface area contributed by atoms with Gasteiger partial charge in [0.15, 0.2) is 12.7 Å². The molecule has 0 radical (unpaired) electrons. The van der Waals surface area contributed by atoms with Crippen LogP contribution in [0.2, 0.25) is 0 Å². The molecule has 7 heteroatoms. The SMILES string of the molecule is COC(=O)c1c(C)[nH]c(C(=O)[C@H](C)OC(=O)COc2cc(C)ccc2C)c1C. The van der Waals surface area contributed by atoms with E-state index in [1.807, 2.05) is 32.0 Å². The Balaban J connectivity index is 2.03. The first-order chi connectivity index (χ1) is 13.1. The number of carbonyl (C=O) groups is 3. The summed E-state index contributed by atoms with van der Waals surface area (Å²) in [5.41, 5.74) is 3.41. The van der Waals surface area contributed by atoms with Crippen molar-refractivity contribution in [3.8, 4) is 5.75 Å². The molecule has 0 fully saturated rings. The number of rotatable bonds is 7. The molecule has 7 nitrogen and oxygen atoms in total. The second-order valence-corrected chi connectivity index (χ2v) is 6.67. The molecule has 1 heterocycles. The molecule has 0 unspecified atom stereocenters. The van der Waals surface area contributed by atoms with Crippen LogP contribution in [0.5, 0.6) is 5.75 Å². The predicted octanol–water partition coefficient (Wildman–Crippen LogP) is 3.23. The number of aryl methyl sites for hydroxylation is 3. The molecular formula is C21H25NO6. The number of ether oxygens (including phenoxy) is 3. The third-order valence-electron chi connectivity index (χ3n) is 4.44. The van der Waals surface area contributed by atoms with Crippen LogP contribution in [0.4, 0.5) is 0 Å². The summed E-state index contributed by atoms with van der Waals surface area (Å²) in [4.78, 5) is 39.5. The van der Waals surface area contributed by atoms with E-state index < -0.39 is 23.8 Å². The lowest BCUT2D eigenvalue weighted by Crippen LogP contribution is -2.28. The molecule has 1 N–H and O–H groups in total. The number of Topliss-reactive ketones (excluding diaryl/α,β-unsaturated/α-hetero) is 1. The molecule has 28 heavy (non-hydrogen) atoms. The van der Waals surface area contributed by atoms with Crippen LogP contribution in [0.1, 0.15) is 50.2 Å². The molecule has 2 aromatic rings. The highest BCUT2D eigenvalue weighted by molar-refractivity contribution is 6.03. The van der Waals surface area contributed by atoms with E-state index in [2.05, 4.69) is 4.98 Å². The third-order valence-corrected chi connectivity index (χ3v) is 4.44. The van der Waals surface area contributed by atoms with Crippen molar-refractivity contribution in [2.45, 2.75) is 40.7 Å². The normalized spacial score (nSPS) is 11.6. The highest BCUT2D eigenvalue weighted by Crippen LogP contribution is 2.21. The Morgan fingerprint density at radius 2 is 1.79 bits per heavy atom. The largest absolute Gasteiger partial charge is 0.482 e. The molecule has 2 rings (SSSR count). The van der Waals surface area contributed by atoms with Gasteiger partial charge in [-0.25, -0.2) is 9.59 Å². The van der Waals surface area contributed by atoms with E-state index in [0.717, 1.165) is 11.1 Å². The van der Waals surface area contributed by atoms with E-state index in [0.29, 0.717) is 22.6 Å². The summed E-state index contributed by atoms with van der Waals surface area (Å²) in [6.07, 6.45) is -1.03. The van der Waals surface area contributed by atoms with Crippen LogP contribution in [-0.4, -0.2) is 42.5 Å². The van der Waals surface area contributed by atoms with Gasteiger partial charge in [-0.1, -0.05) is 12.1 Å². The molecule has 0 aliphatic heterocycles. The highest BCUT2D eigenvalue weighted by atomic mass is 16.6. The average molecular weight is 387 g/mol. The number of nitrogens with one attached hydrogen (secondary N) is 1. The minimum absolute atomic E-state index is 0.216. The zero-order valence-corrected chi connectivity index (χ0v) is 17.0. The number of ketones is 1. The lowest BCUT2D eigenvalue weighted by atomic mass is 10.1. The van der Waals surface area contributed by atoms with E-state index in [1.165, 1.54) is 14.0 Å². The number of hydrogen-bond acceptors (Lipinski definition) is 6. The van der Waals surface area contributed by atoms with Crippen molar-refractivity contribution < 1.29 is 28.6 Å². The third kappa shape index (κ3) is 4.60. The van der Waals surface area contributed by atoms with Crippen molar-refractivity contribution in [3.63, 3.8) is 0 Å². The lowest BCUT2D eigenvalue weighted by Gasteiger charge is -2.14. The number of aromatic amines is 1. The van der Waals surface area contributed by atoms with E-state index >= 15 is 0 Å². The van der Waals surface area contributed by atoms with Gasteiger partial charge in [0, 0.05) is 5.69 Å². The van der Waals surface area contributed by atoms with Crippen molar-refractivity contribution in [2.24, 2.45) is 0 Å². The van der Waals surface area contributed by atoms with Crippen LogP contribution in [0.15, 0.2) is 18.2 Å². The molecule has 0 saturated carbocycles. The van der Waals surface area contributed by atoms with Crippen LogP contribution in [-0.2, 0) is 14.3 Å². The maximum absolute atomic E-state index is 12.6. The Morgan fingerprint density at radius 1 is 1.11 bits per heavy atom. The molecule has 0 saturated heterocycles. The molecule has 0 spiro atoms. The number of aromatic nitrogens is 1. The van der Waals surface area contributed by atoms with Crippen molar-refractivity contribution in [1.82, 2.24) is 4.98 Å². The van der Waals surface area contributed by atoms with E-state index in [9.17, 15) is 14.4 Å². The minimum atomic E-state index is -1.03. The van der Waals surface area contributed by atoms with Gasteiger partial charge < -0.3 is 19.2 Å². The van der Waals surface area contributed by atoms with Crippen molar-refractivity contribution in [2.75, 3.05) is 13.7 Å². The zero-order valence-electron chi connectivity index (χ0n) is 17.0. The first kappa shape index (κ1) is 21.2. The van der Waals surface area contributed by atoms with Gasteiger partial charge in [0.2, 0.25) is 5.78 Å². The Hall–Kier alpha value is -3.09. The maximum atomic E-state index is 12.6. The van der Waals surface area contributed by atoms with Gasteiger partial charge in [-0.15, -0.1) is 0 Å². The summed E-state index contributed by atoms with van der Waals surface area (Å²) in [7, 11) is 1.27. The Bertz CT molecular complexity index is 912. The summed E-state index contributed by atoms with van der Waals surface area (Å²) in [6.45, 7) is 8.28. The molecule has 150 valence electrons.